The topological polar surface area (TPSA) is 93.5 Å². The number of likely N-dealkylation sites (N-methyl/N-ethyl adjacent to an activating group) is 1. The first-order chi connectivity index (χ1) is 6.63. The Bertz CT molecular complexity index is 192. The molecule has 0 saturated carbocycles. The zero-order valence-electron chi connectivity index (χ0n) is 8.50. The third kappa shape index (κ3) is 5.50. The zero-order chi connectivity index (χ0) is 11.0. The summed E-state index contributed by atoms with van der Waals surface area (Å²) in [6.45, 7) is 0.264. The Hall–Kier alpha value is -1.14. The Kier molecular flexibility index (Phi) is 6.69. The van der Waals surface area contributed by atoms with Crippen LogP contribution in [0.4, 0.5) is 0 Å². The number of carbonyl (C=O) groups excluding carboxylic acids is 2. The average molecular weight is 203 g/mol. The number of carbonyl (C=O) groups is 2. The summed E-state index contributed by atoms with van der Waals surface area (Å²) >= 11 is 0. The molecule has 0 fully saturated rings. The maximum Gasteiger partial charge on any atom is 0.239 e. The summed E-state index contributed by atoms with van der Waals surface area (Å²) in [5, 5.41) is 4.84. The SMILES string of the molecule is CNC(=O)CNC(=O)CC(CN)OC. The molecule has 0 rings (SSSR count). The van der Waals surface area contributed by atoms with E-state index in [2.05, 4.69) is 10.6 Å². The molecule has 0 heterocycles. The standard InChI is InChI=1S/C8H17N3O3/c1-10-8(13)5-11-7(12)3-6(4-9)14-2/h6H,3-5,9H2,1-2H3,(H,10,13)(H,11,12). The van der Waals surface area contributed by atoms with Gasteiger partial charge in [0.2, 0.25) is 11.8 Å². The maximum atomic E-state index is 11.2. The van der Waals surface area contributed by atoms with Gasteiger partial charge >= 0.3 is 0 Å². The molecule has 6 nitrogen and oxygen atoms in total. The summed E-state index contributed by atoms with van der Waals surface area (Å²) in [4.78, 5) is 21.9. The van der Waals surface area contributed by atoms with Crippen molar-refractivity contribution >= 4 is 11.8 Å². The zero-order valence-corrected chi connectivity index (χ0v) is 8.50. The van der Waals surface area contributed by atoms with Crippen LogP contribution in [-0.2, 0) is 14.3 Å². The third-order valence-electron chi connectivity index (χ3n) is 1.73. The molecular formula is C8H17N3O3. The highest BCUT2D eigenvalue weighted by Gasteiger charge is 2.11. The minimum atomic E-state index is -0.292. The van der Waals surface area contributed by atoms with E-state index >= 15 is 0 Å². The first-order valence-corrected chi connectivity index (χ1v) is 4.34. The van der Waals surface area contributed by atoms with Crippen LogP contribution in [0.15, 0.2) is 0 Å². The molecule has 82 valence electrons. The van der Waals surface area contributed by atoms with Crippen molar-refractivity contribution in [3.63, 3.8) is 0 Å². The van der Waals surface area contributed by atoms with Gasteiger partial charge in [-0.25, -0.2) is 0 Å². The van der Waals surface area contributed by atoms with Gasteiger partial charge in [-0.3, -0.25) is 9.59 Å². The quantitative estimate of drug-likeness (QED) is 0.475. The number of ether oxygens (including phenoxy) is 1. The highest BCUT2D eigenvalue weighted by atomic mass is 16.5. The van der Waals surface area contributed by atoms with Gasteiger partial charge in [-0.15, -0.1) is 0 Å². The van der Waals surface area contributed by atoms with Gasteiger partial charge in [0.15, 0.2) is 0 Å². The molecule has 2 amide bonds. The maximum absolute atomic E-state index is 11.2. The number of rotatable bonds is 6. The van der Waals surface area contributed by atoms with E-state index in [1.165, 1.54) is 14.2 Å². The normalized spacial score (nSPS) is 11.9. The second-order valence-corrected chi connectivity index (χ2v) is 2.75. The van der Waals surface area contributed by atoms with Crippen LogP contribution in [0.2, 0.25) is 0 Å². The van der Waals surface area contributed by atoms with Crippen molar-refractivity contribution in [2.45, 2.75) is 12.5 Å². The van der Waals surface area contributed by atoms with E-state index in [-0.39, 0.29) is 37.4 Å². The Morgan fingerprint density at radius 2 is 2.07 bits per heavy atom. The van der Waals surface area contributed by atoms with Crippen LogP contribution in [0.25, 0.3) is 0 Å². The Morgan fingerprint density at radius 1 is 1.43 bits per heavy atom. The van der Waals surface area contributed by atoms with Crippen LogP contribution < -0.4 is 16.4 Å². The smallest absolute Gasteiger partial charge is 0.239 e. The summed E-state index contributed by atoms with van der Waals surface area (Å²) in [6.07, 6.45) is -0.121. The van der Waals surface area contributed by atoms with Crippen LogP contribution in [0, 0.1) is 0 Å². The molecule has 0 aromatic heterocycles. The fourth-order valence-corrected chi connectivity index (χ4v) is 0.809. The number of methoxy groups -OCH3 is 1. The predicted octanol–water partition coefficient (Wildman–Crippen LogP) is -1.79. The molecule has 0 saturated heterocycles. The molecule has 0 aliphatic rings. The van der Waals surface area contributed by atoms with Crippen LogP contribution >= 0.6 is 0 Å². The molecule has 0 bridgehead atoms. The van der Waals surface area contributed by atoms with Gasteiger partial charge in [0.25, 0.3) is 0 Å². The van der Waals surface area contributed by atoms with Gasteiger partial charge in [0.1, 0.15) is 0 Å². The molecule has 0 spiro atoms. The van der Waals surface area contributed by atoms with E-state index in [4.69, 9.17) is 10.5 Å². The fraction of sp³-hybridized carbons (Fsp3) is 0.750. The monoisotopic (exact) mass is 203 g/mol. The van der Waals surface area contributed by atoms with Crippen molar-refractivity contribution < 1.29 is 14.3 Å². The van der Waals surface area contributed by atoms with E-state index in [1.807, 2.05) is 0 Å². The second kappa shape index (κ2) is 7.28. The van der Waals surface area contributed by atoms with E-state index < -0.39 is 0 Å². The summed E-state index contributed by atoms with van der Waals surface area (Å²) in [5.74, 6) is -0.481. The molecule has 1 unspecified atom stereocenters. The largest absolute Gasteiger partial charge is 0.380 e. The highest BCUT2D eigenvalue weighted by molar-refractivity contribution is 5.84. The second-order valence-electron chi connectivity index (χ2n) is 2.75. The Morgan fingerprint density at radius 3 is 2.50 bits per heavy atom. The Labute approximate surface area is 83.2 Å². The summed E-state index contributed by atoms with van der Waals surface area (Å²) < 4.78 is 4.92. The highest BCUT2D eigenvalue weighted by Crippen LogP contribution is 1.93. The number of nitrogens with one attached hydrogen (secondary N) is 2. The summed E-state index contributed by atoms with van der Waals surface area (Å²) in [5.41, 5.74) is 5.33. The van der Waals surface area contributed by atoms with Crippen molar-refractivity contribution in [1.29, 1.82) is 0 Å². The molecule has 6 heteroatoms. The van der Waals surface area contributed by atoms with Gasteiger partial charge in [-0.05, 0) is 0 Å². The lowest BCUT2D eigenvalue weighted by atomic mass is 10.2. The molecule has 0 aliphatic carbocycles. The van der Waals surface area contributed by atoms with Gasteiger partial charge in [0.05, 0.1) is 19.1 Å². The molecule has 0 radical (unpaired) electrons. The number of amides is 2. The molecule has 1 atom stereocenters. The van der Waals surface area contributed by atoms with Crippen LogP contribution in [0.3, 0.4) is 0 Å². The van der Waals surface area contributed by atoms with E-state index in [0.29, 0.717) is 0 Å². The van der Waals surface area contributed by atoms with Crippen LogP contribution in [0.5, 0.6) is 0 Å². The van der Waals surface area contributed by atoms with Gasteiger partial charge in [0, 0.05) is 20.7 Å². The number of hydrogen-bond donors (Lipinski definition) is 3. The van der Waals surface area contributed by atoms with Gasteiger partial charge in [-0.2, -0.15) is 0 Å². The van der Waals surface area contributed by atoms with Crippen molar-refractivity contribution in [1.82, 2.24) is 10.6 Å². The lowest BCUT2D eigenvalue weighted by Crippen LogP contribution is -2.38. The van der Waals surface area contributed by atoms with Crippen LogP contribution in [0.1, 0.15) is 6.42 Å². The predicted molar refractivity (Wildman–Crippen MR) is 51.5 cm³/mol. The van der Waals surface area contributed by atoms with Gasteiger partial charge in [-0.1, -0.05) is 0 Å². The molecule has 0 aromatic rings. The number of hydrogen-bond acceptors (Lipinski definition) is 4. The molecule has 4 N–H and O–H groups in total. The summed E-state index contributed by atoms with van der Waals surface area (Å²) in [6, 6.07) is 0. The molecule has 0 aliphatic heterocycles. The lowest BCUT2D eigenvalue weighted by Gasteiger charge is -2.12. The van der Waals surface area contributed by atoms with Crippen molar-refractivity contribution in [2.75, 3.05) is 27.2 Å². The minimum Gasteiger partial charge on any atom is -0.380 e. The molecule has 0 aromatic carbocycles. The molecule has 14 heavy (non-hydrogen) atoms. The average Bonchev–Trinajstić information content (AvgIpc) is 2.22. The fourth-order valence-electron chi connectivity index (χ4n) is 0.809. The van der Waals surface area contributed by atoms with E-state index in [1.54, 1.807) is 0 Å². The first kappa shape index (κ1) is 12.9. The van der Waals surface area contributed by atoms with Crippen molar-refractivity contribution in [3.8, 4) is 0 Å². The van der Waals surface area contributed by atoms with Crippen molar-refractivity contribution in [2.24, 2.45) is 5.73 Å². The number of nitrogens with two attached hydrogens (primary N) is 1. The van der Waals surface area contributed by atoms with E-state index in [0.717, 1.165) is 0 Å². The Balaban J connectivity index is 3.69. The summed E-state index contributed by atoms with van der Waals surface area (Å²) in [7, 11) is 3.00. The first-order valence-electron chi connectivity index (χ1n) is 4.34. The third-order valence-corrected chi connectivity index (χ3v) is 1.73. The van der Waals surface area contributed by atoms with Gasteiger partial charge < -0.3 is 21.1 Å². The lowest BCUT2D eigenvalue weighted by molar-refractivity contribution is -0.127. The van der Waals surface area contributed by atoms with Crippen molar-refractivity contribution in [3.05, 3.63) is 0 Å². The van der Waals surface area contributed by atoms with E-state index in [9.17, 15) is 9.59 Å². The van der Waals surface area contributed by atoms with Crippen LogP contribution in [-0.4, -0.2) is 45.2 Å². The molecular weight excluding hydrogens is 186 g/mol. The minimum absolute atomic E-state index is 0.0175.